The van der Waals surface area contributed by atoms with Gasteiger partial charge in [-0.3, -0.25) is 0 Å². The summed E-state index contributed by atoms with van der Waals surface area (Å²) in [6.07, 6.45) is 8.05. The van der Waals surface area contributed by atoms with Gasteiger partial charge in [0.2, 0.25) is 0 Å². The molecule has 0 saturated carbocycles. The van der Waals surface area contributed by atoms with Crippen molar-refractivity contribution < 1.29 is 0 Å². The Morgan fingerprint density at radius 2 is 1.69 bits per heavy atom. The molecule has 0 aromatic heterocycles. The Morgan fingerprint density at radius 3 is 2.31 bits per heavy atom. The summed E-state index contributed by atoms with van der Waals surface area (Å²) in [6.45, 7) is 6.54. The van der Waals surface area contributed by atoms with Crippen LogP contribution >= 0.6 is 0 Å². The first-order valence-electron chi connectivity index (χ1n) is 6.01. The average Bonchev–Trinajstić information content (AvgIpc) is 2.27. The van der Waals surface area contributed by atoms with Crippen LogP contribution in [0.4, 0.5) is 0 Å². The molecule has 0 aliphatic heterocycles. The summed E-state index contributed by atoms with van der Waals surface area (Å²) in [7, 11) is 0. The van der Waals surface area contributed by atoms with Crippen molar-refractivity contribution in [2.75, 3.05) is 0 Å². The molecule has 0 bridgehead atoms. The molecule has 1 aromatic carbocycles. The molecule has 1 aromatic rings. The van der Waals surface area contributed by atoms with E-state index in [4.69, 9.17) is 0 Å². The van der Waals surface area contributed by atoms with Gasteiger partial charge in [0.15, 0.2) is 0 Å². The third kappa shape index (κ3) is 5.55. The fraction of sp³-hybridized carbons (Fsp3) is 0.375. The molecule has 16 heavy (non-hydrogen) atoms. The Kier molecular flexibility index (Phi) is 5.63. The van der Waals surface area contributed by atoms with Gasteiger partial charge in [0.25, 0.3) is 0 Å². The number of hydrogen-bond donors (Lipinski definition) is 0. The molecule has 86 valence electrons. The van der Waals surface area contributed by atoms with Gasteiger partial charge in [-0.2, -0.15) is 0 Å². The van der Waals surface area contributed by atoms with Gasteiger partial charge >= 0.3 is 0 Å². The lowest BCUT2D eigenvalue weighted by atomic mass is 10.1. The van der Waals surface area contributed by atoms with E-state index in [1.807, 2.05) is 0 Å². The third-order valence-electron chi connectivity index (χ3n) is 2.62. The van der Waals surface area contributed by atoms with E-state index in [2.05, 4.69) is 63.3 Å². The quantitative estimate of drug-likeness (QED) is 0.610. The van der Waals surface area contributed by atoms with Crippen LogP contribution in [0.3, 0.4) is 0 Å². The Bertz CT molecular complexity index is 351. The van der Waals surface area contributed by atoms with E-state index in [1.165, 1.54) is 29.6 Å². The third-order valence-corrected chi connectivity index (χ3v) is 2.62. The van der Waals surface area contributed by atoms with E-state index in [1.54, 1.807) is 0 Å². The van der Waals surface area contributed by atoms with Gasteiger partial charge in [-0.1, -0.05) is 53.6 Å². The molecule has 0 saturated heterocycles. The van der Waals surface area contributed by atoms with Crippen LogP contribution in [0.5, 0.6) is 0 Å². The van der Waals surface area contributed by atoms with E-state index in [9.17, 15) is 0 Å². The van der Waals surface area contributed by atoms with Gasteiger partial charge in [-0.25, -0.2) is 0 Å². The van der Waals surface area contributed by atoms with Crippen LogP contribution < -0.4 is 0 Å². The molecule has 0 amide bonds. The average molecular weight is 214 g/mol. The first kappa shape index (κ1) is 12.8. The fourth-order valence-corrected chi connectivity index (χ4v) is 1.60. The van der Waals surface area contributed by atoms with Crippen molar-refractivity contribution in [3.8, 4) is 0 Å². The van der Waals surface area contributed by atoms with Crippen LogP contribution in [-0.2, 0) is 6.42 Å². The topological polar surface area (TPSA) is 0 Å². The van der Waals surface area contributed by atoms with Crippen molar-refractivity contribution in [3.05, 3.63) is 59.2 Å². The molecule has 0 N–H and O–H groups in total. The molecule has 0 heterocycles. The number of benzene rings is 1. The second kappa shape index (κ2) is 7.05. The van der Waals surface area contributed by atoms with E-state index in [-0.39, 0.29) is 0 Å². The van der Waals surface area contributed by atoms with Crippen molar-refractivity contribution in [1.29, 1.82) is 0 Å². The second-order valence-corrected chi connectivity index (χ2v) is 4.56. The molecule has 0 spiro atoms. The minimum Gasteiger partial charge on any atom is -0.0856 e. The molecule has 0 aliphatic rings. The van der Waals surface area contributed by atoms with E-state index < -0.39 is 0 Å². The van der Waals surface area contributed by atoms with Crippen LogP contribution in [0.15, 0.2) is 53.6 Å². The SMILES string of the molecule is CC(C)=CCC/C(C)=C/Cc1ccccc1. The van der Waals surface area contributed by atoms with Gasteiger partial charge in [0.1, 0.15) is 0 Å². The lowest BCUT2D eigenvalue weighted by molar-refractivity contribution is 0.956. The van der Waals surface area contributed by atoms with Crippen LogP contribution in [0.2, 0.25) is 0 Å². The Labute approximate surface area is 99.7 Å². The minimum atomic E-state index is 1.06. The lowest BCUT2D eigenvalue weighted by Gasteiger charge is -2.00. The normalized spacial score (nSPS) is 11.3. The molecule has 0 fully saturated rings. The highest BCUT2D eigenvalue weighted by Crippen LogP contribution is 2.09. The maximum Gasteiger partial charge on any atom is -0.00949 e. The van der Waals surface area contributed by atoms with E-state index >= 15 is 0 Å². The van der Waals surface area contributed by atoms with E-state index in [0.717, 1.165) is 6.42 Å². The predicted molar refractivity (Wildman–Crippen MR) is 72.6 cm³/mol. The molecule has 0 aliphatic carbocycles. The van der Waals surface area contributed by atoms with Gasteiger partial charge in [0.05, 0.1) is 0 Å². The molecular weight excluding hydrogens is 192 g/mol. The molecular formula is C16H22. The zero-order valence-corrected chi connectivity index (χ0v) is 10.7. The van der Waals surface area contributed by atoms with Crippen molar-refractivity contribution in [2.24, 2.45) is 0 Å². The van der Waals surface area contributed by atoms with Crippen molar-refractivity contribution in [1.82, 2.24) is 0 Å². The Hall–Kier alpha value is -1.30. The van der Waals surface area contributed by atoms with Crippen molar-refractivity contribution >= 4 is 0 Å². The zero-order valence-electron chi connectivity index (χ0n) is 10.7. The summed E-state index contributed by atoms with van der Waals surface area (Å²) >= 11 is 0. The predicted octanol–water partition coefficient (Wildman–Crippen LogP) is 4.92. The van der Waals surface area contributed by atoms with Gasteiger partial charge in [0, 0.05) is 0 Å². The molecule has 0 radical (unpaired) electrons. The first-order chi connectivity index (χ1) is 7.68. The highest BCUT2D eigenvalue weighted by molar-refractivity contribution is 5.18. The summed E-state index contributed by atoms with van der Waals surface area (Å²) in [4.78, 5) is 0. The highest BCUT2D eigenvalue weighted by Gasteiger charge is 1.91. The highest BCUT2D eigenvalue weighted by atomic mass is 14.0. The summed E-state index contributed by atoms with van der Waals surface area (Å²) in [5.74, 6) is 0. The summed E-state index contributed by atoms with van der Waals surface area (Å²) in [5.41, 5.74) is 4.29. The smallest absolute Gasteiger partial charge is 0.00949 e. The largest absolute Gasteiger partial charge is 0.0856 e. The monoisotopic (exact) mass is 214 g/mol. The summed E-state index contributed by atoms with van der Waals surface area (Å²) < 4.78 is 0. The lowest BCUT2D eigenvalue weighted by Crippen LogP contribution is -1.83. The standard InChI is InChI=1S/C16H22/c1-14(2)8-7-9-15(3)12-13-16-10-5-4-6-11-16/h4-6,8,10-12H,7,9,13H2,1-3H3/b15-12+. The second-order valence-electron chi connectivity index (χ2n) is 4.56. The molecule has 0 nitrogen and oxygen atoms in total. The van der Waals surface area contributed by atoms with Crippen molar-refractivity contribution in [2.45, 2.75) is 40.0 Å². The van der Waals surface area contributed by atoms with Gasteiger partial charge in [-0.05, 0) is 45.6 Å². The molecule has 0 unspecified atom stereocenters. The van der Waals surface area contributed by atoms with E-state index in [0.29, 0.717) is 0 Å². The van der Waals surface area contributed by atoms with Crippen LogP contribution in [0.25, 0.3) is 0 Å². The van der Waals surface area contributed by atoms with Crippen molar-refractivity contribution in [3.63, 3.8) is 0 Å². The number of allylic oxidation sites excluding steroid dienone is 4. The Balaban J connectivity index is 2.37. The molecule has 0 heteroatoms. The maximum atomic E-state index is 2.34. The number of hydrogen-bond acceptors (Lipinski definition) is 0. The van der Waals surface area contributed by atoms with Gasteiger partial charge in [-0.15, -0.1) is 0 Å². The van der Waals surface area contributed by atoms with Crippen LogP contribution in [0.1, 0.15) is 39.2 Å². The molecule has 1 rings (SSSR count). The molecule has 0 atom stereocenters. The van der Waals surface area contributed by atoms with Crippen LogP contribution in [-0.4, -0.2) is 0 Å². The summed E-state index contributed by atoms with van der Waals surface area (Å²) in [6, 6.07) is 10.6. The minimum absolute atomic E-state index is 1.06. The van der Waals surface area contributed by atoms with Gasteiger partial charge < -0.3 is 0 Å². The number of rotatable bonds is 5. The van der Waals surface area contributed by atoms with Crippen LogP contribution in [0, 0.1) is 0 Å². The first-order valence-corrected chi connectivity index (χ1v) is 6.01. The maximum absolute atomic E-state index is 2.34. The summed E-state index contributed by atoms with van der Waals surface area (Å²) in [5, 5.41) is 0. The zero-order chi connectivity index (χ0) is 11.8. The Morgan fingerprint density at radius 1 is 1.00 bits per heavy atom. The fourth-order valence-electron chi connectivity index (χ4n) is 1.60.